The standard InChI is InChI=1S/C29H32Cl2N2O2S/c1-3-21(2)32-29(35)27(17-22-9-5-4-6-10-22)33(18-23-11-7-13-25(30)15-23)28(34)20-36-19-24-12-8-14-26(31)16-24/h4-16,21,27H,3,17-20H2,1-2H3,(H,32,35)/t21-,27-/m1/s1. The van der Waals surface area contributed by atoms with Crippen molar-refractivity contribution in [2.75, 3.05) is 5.75 Å². The molecule has 7 heteroatoms. The summed E-state index contributed by atoms with van der Waals surface area (Å²) in [7, 11) is 0. The van der Waals surface area contributed by atoms with Crippen molar-refractivity contribution in [3.05, 3.63) is 106 Å². The van der Waals surface area contributed by atoms with Gasteiger partial charge in [-0.1, -0.05) is 84.7 Å². The molecule has 0 aliphatic heterocycles. The summed E-state index contributed by atoms with van der Waals surface area (Å²) in [6.07, 6.45) is 1.23. The molecule has 1 N–H and O–H groups in total. The monoisotopic (exact) mass is 542 g/mol. The fourth-order valence-electron chi connectivity index (χ4n) is 3.79. The number of rotatable bonds is 12. The Bertz CT molecular complexity index is 1140. The molecule has 2 atom stereocenters. The molecule has 0 saturated carbocycles. The van der Waals surface area contributed by atoms with Crippen molar-refractivity contribution in [3.8, 4) is 0 Å². The summed E-state index contributed by atoms with van der Waals surface area (Å²) < 4.78 is 0. The van der Waals surface area contributed by atoms with Crippen molar-refractivity contribution in [1.29, 1.82) is 0 Å². The molecule has 3 aromatic carbocycles. The topological polar surface area (TPSA) is 49.4 Å². The molecule has 0 unspecified atom stereocenters. The molecule has 190 valence electrons. The SMILES string of the molecule is CC[C@@H](C)NC(=O)[C@@H](Cc1ccccc1)N(Cc1cccc(Cl)c1)C(=O)CSCc1cccc(Cl)c1. The lowest BCUT2D eigenvalue weighted by atomic mass is 10.0. The van der Waals surface area contributed by atoms with Gasteiger partial charge in [0.15, 0.2) is 0 Å². The van der Waals surface area contributed by atoms with Crippen molar-refractivity contribution in [2.24, 2.45) is 0 Å². The number of hydrogen-bond donors (Lipinski definition) is 1. The normalized spacial score (nSPS) is 12.6. The lowest BCUT2D eigenvalue weighted by Gasteiger charge is -2.32. The Kier molecular flexibility index (Phi) is 11.2. The van der Waals surface area contributed by atoms with E-state index in [4.69, 9.17) is 23.2 Å². The molecule has 3 rings (SSSR count). The van der Waals surface area contributed by atoms with E-state index in [1.54, 1.807) is 11.0 Å². The summed E-state index contributed by atoms with van der Waals surface area (Å²) >= 11 is 13.9. The zero-order valence-corrected chi connectivity index (χ0v) is 23.0. The second-order valence-corrected chi connectivity index (χ2v) is 10.7. The Balaban J connectivity index is 1.85. The molecule has 0 aliphatic carbocycles. The maximum Gasteiger partial charge on any atom is 0.243 e. The number of carbonyl (C=O) groups excluding carboxylic acids is 2. The third-order valence-corrected chi connectivity index (χ3v) is 7.36. The van der Waals surface area contributed by atoms with Gasteiger partial charge in [0.05, 0.1) is 5.75 Å². The van der Waals surface area contributed by atoms with Crippen LogP contribution in [0.5, 0.6) is 0 Å². The minimum atomic E-state index is -0.653. The molecular formula is C29H32Cl2N2O2S. The molecule has 36 heavy (non-hydrogen) atoms. The maximum absolute atomic E-state index is 13.6. The minimum Gasteiger partial charge on any atom is -0.352 e. The van der Waals surface area contributed by atoms with Crippen molar-refractivity contribution in [3.63, 3.8) is 0 Å². The van der Waals surface area contributed by atoms with E-state index in [-0.39, 0.29) is 23.6 Å². The van der Waals surface area contributed by atoms with E-state index in [0.29, 0.717) is 28.8 Å². The predicted octanol–water partition coefficient (Wildman–Crippen LogP) is 6.78. The van der Waals surface area contributed by atoms with E-state index in [2.05, 4.69) is 5.32 Å². The first-order valence-corrected chi connectivity index (χ1v) is 14.0. The van der Waals surface area contributed by atoms with Gasteiger partial charge in [-0.3, -0.25) is 9.59 Å². The average Bonchev–Trinajstić information content (AvgIpc) is 2.86. The Morgan fingerprint density at radius 3 is 2.14 bits per heavy atom. The molecule has 0 heterocycles. The number of hydrogen-bond acceptors (Lipinski definition) is 3. The molecular weight excluding hydrogens is 511 g/mol. The zero-order valence-electron chi connectivity index (χ0n) is 20.6. The third kappa shape index (κ3) is 8.88. The highest BCUT2D eigenvalue weighted by Crippen LogP contribution is 2.21. The number of carbonyl (C=O) groups is 2. The molecule has 0 bridgehead atoms. The number of amides is 2. The van der Waals surface area contributed by atoms with Crippen LogP contribution in [0.15, 0.2) is 78.9 Å². The predicted molar refractivity (Wildman–Crippen MR) is 151 cm³/mol. The van der Waals surface area contributed by atoms with Crippen LogP contribution < -0.4 is 5.32 Å². The third-order valence-electron chi connectivity index (χ3n) is 5.90. The highest BCUT2D eigenvalue weighted by Gasteiger charge is 2.30. The van der Waals surface area contributed by atoms with Crippen LogP contribution in [0.2, 0.25) is 10.0 Å². The fraction of sp³-hybridized carbons (Fsp3) is 0.310. The highest BCUT2D eigenvalue weighted by molar-refractivity contribution is 7.99. The molecule has 0 aliphatic rings. The largest absolute Gasteiger partial charge is 0.352 e. The van der Waals surface area contributed by atoms with Crippen molar-refractivity contribution in [1.82, 2.24) is 10.2 Å². The number of halogens is 2. The zero-order chi connectivity index (χ0) is 25.9. The highest BCUT2D eigenvalue weighted by atomic mass is 35.5. The number of benzene rings is 3. The van der Waals surface area contributed by atoms with Gasteiger partial charge in [-0.05, 0) is 54.3 Å². The first-order chi connectivity index (χ1) is 17.4. The lowest BCUT2D eigenvalue weighted by Crippen LogP contribution is -2.52. The molecule has 2 amide bonds. The number of nitrogens with one attached hydrogen (secondary N) is 1. The molecule has 3 aromatic rings. The fourth-order valence-corrected chi connectivity index (χ4v) is 5.08. The first kappa shape index (κ1) is 28.1. The van der Waals surface area contributed by atoms with E-state index >= 15 is 0 Å². The van der Waals surface area contributed by atoms with Gasteiger partial charge in [0.25, 0.3) is 0 Å². The van der Waals surface area contributed by atoms with Crippen molar-refractivity contribution < 1.29 is 9.59 Å². The van der Waals surface area contributed by atoms with Gasteiger partial charge in [-0.15, -0.1) is 11.8 Å². The molecule has 0 radical (unpaired) electrons. The van der Waals surface area contributed by atoms with Gasteiger partial charge >= 0.3 is 0 Å². The smallest absolute Gasteiger partial charge is 0.243 e. The summed E-state index contributed by atoms with van der Waals surface area (Å²) in [6.45, 7) is 4.29. The van der Waals surface area contributed by atoms with Gasteiger partial charge < -0.3 is 10.2 Å². The van der Waals surface area contributed by atoms with Crippen LogP contribution in [0.1, 0.15) is 37.0 Å². The second-order valence-electron chi connectivity index (χ2n) is 8.80. The summed E-state index contributed by atoms with van der Waals surface area (Å²) in [5.41, 5.74) is 2.93. The van der Waals surface area contributed by atoms with Crippen molar-refractivity contribution >= 4 is 46.8 Å². The van der Waals surface area contributed by atoms with Gasteiger partial charge in [0.2, 0.25) is 11.8 Å². The van der Waals surface area contributed by atoms with E-state index in [1.807, 2.05) is 86.6 Å². The second kappa shape index (κ2) is 14.3. The van der Waals surface area contributed by atoms with Crippen LogP contribution >= 0.6 is 35.0 Å². The summed E-state index contributed by atoms with van der Waals surface area (Å²) in [4.78, 5) is 28.8. The van der Waals surface area contributed by atoms with Crippen LogP contribution in [0.25, 0.3) is 0 Å². The molecule has 0 saturated heterocycles. The Hall–Kier alpha value is -2.47. The Morgan fingerprint density at radius 2 is 1.50 bits per heavy atom. The van der Waals surface area contributed by atoms with E-state index < -0.39 is 6.04 Å². The summed E-state index contributed by atoms with van der Waals surface area (Å²) in [6, 6.07) is 24.2. The van der Waals surface area contributed by atoms with Gasteiger partial charge in [0.1, 0.15) is 6.04 Å². The van der Waals surface area contributed by atoms with Gasteiger partial charge in [0, 0.05) is 34.8 Å². The van der Waals surface area contributed by atoms with Crippen molar-refractivity contribution in [2.45, 2.75) is 51.1 Å². The number of nitrogens with zero attached hydrogens (tertiary/aromatic N) is 1. The summed E-state index contributed by atoms with van der Waals surface area (Å²) in [5.74, 6) is 0.653. The lowest BCUT2D eigenvalue weighted by molar-refractivity contribution is -0.139. The van der Waals surface area contributed by atoms with Crippen LogP contribution in [-0.2, 0) is 28.3 Å². The quantitative estimate of drug-likeness (QED) is 0.274. The van der Waals surface area contributed by atoms with Crippen LogP contribution in [0.4, 0.5) is 0 Å². The van der Waals surface area contributed by atoms with Crippen LogP contribution in [0.3, 0.4) is 0 Å². The summed E-state index contributed by atoms with van der Waals surface area (Å²) in [5, 5.41) is 4.36. The maximum atomic E-state index is 13.6. The van der Waals surface area contributed by atoms with Gasteiger partial charge in [-0.25, -0.2) is 0 Å². The van der Waals surface area contributed by atoms with E-state index in [0.717, 1.165) is 23.1 Å². The van der Waals surface area contributed by atoms with Crippen LogP contribution in [-0.4, -0.2) is 34.6 Å². The molecule has 0 spiro atoms. The number of thioether (sulfide) groups is 1. The molecule has 4 nitrogen and oxygen atoms in total. The van der Waals surface area contributed by atoms with Crippen LogP contribution in [0, 0.1) is 0 Å². The van der Waals surface area contributed by atoms with E-state index in [9.17, 15) is 9.59 Å². The first-order valence-electron chi connectivity index (χ1n) is 12.1. The Morgan fingerprint density at radius 1 is 0.889 bits per heavy atom. The average molecular weight is 544 g/mol. The molecule has 0 fully saturated rings. The molecule has 0 aromatic heterocycles. The van der Waals surface area contributed by atoms with Gasteiger partial charge in [-0.2, -0.15) is 0 Å². The Labute approximate surface area is 228 Å². The minimum absolute atomic E-state index is 0.0103. The van der Waals surface area contributed by atoms with E-state index in [1.165, 1.54) is 11.8 Å².